The Morgan fingerprint density at radius 3 is 1.33 bits per heavy atom. The van der Waals surface area contributed by atoms with E-state index < -0.39 is 0 Å². The lowest BCUT2D eigenvalue weighted by molar-refractivity contribution is 0.591. The summed E-state index contributed by atoms with van der Waals surface area (Å²) < 4.78 is 4.84. The van der Waals surface area contributed by atoms with E-state index in [1.807, 2.05) is 36.4 Å². The van der Waals surface area contributed by atoms with Gasteiger partial charge >= 0.3 is 0 Å². The average molecular weight is 828 g/mol. The molecule has 0 atom stereocenters. The molecule has 0 spiro atoms. The van der Waals surface area contributed by atoms with Gasteiger partial charge in [0.05, 0.1) is 27.8 Å². The number of fused-ring (bicyclic) bond motifs is 6. The van der Waals surface area contributed by atoms with E-state index in [9.17, 15) is 0 Å². The van der Waals surface area contributed by atoms with E-state index in [0.717, 1.165) is 55.7 Å². The maximum atomic E-state index is 5.37. The molecule has 5 nitrogen and oxygen atoms in total. The van der Waals surface area contributed by atoms with Crippen LogP contribution in [-0.2, 0) is 10.8 Å². The normalized spacial score (nSPS) is 12.2. The summed E-state index contributed by atoms with van der Waals surface area (Å²) in [5.41, 5.74) is 14.2. The fourth-order valence-electron chi connectivity index (χ4n) is 9.24. The lowest BCUT2D eigenvalue weighted by Crippen LogP contribution is -2.11. The molecule has 0 fully saturated rings. The van der Waals surface area contributed by atoms with E-state index in [0.29, 0.717) is 17.5 Å². The molecule has 3 heterocycles. The van der Waals surface area contributed by atoms with Crippen molar-refractivity contribution < 1.29 is 0 Å². The van der Waals surface area contributed by atoms with Gasteiger partial charge in [0.2, 0.25) is 0 Å². The molecular weight excluding hydrogens is 779 g/mol. The molecule has 0 amide bonds. The van der Waals surface area contributed by atoms with E-state index in [2.05, 4.69) is 202 Å². The first-order valence-corrected chi connectivity index (χ1v) is 22.2. The first-order chi connectivity index (χ1) is 31.0. The monoisotopic (exact) mass is 827 g/mol. The second-order valence-electron chi connectivity index (χ2n) is 19.0. The Morgan fingerprint density at radius 1 is 0.328 bits per heavy atom. The van der Waals surface area contributed by atoms with Gasteiger partial charge in [-0.3, -0.25) is 0 Å². The summed E-state index contributed by atoms with van der Waals surface area (Å²) in [6.45, 7) is 13.7. The summed E-state index contributed by atoms with van der Waals surface area (Å²) in [6.07, 6.45) is 0. The van der Waals surface area contributed by atoms with Gasteiger partial charge in [-0.15, -0.1) is 0 Å². The van der Waals surface area contributed by atoms with Crippen LogP contribution in [0.25, 0.3) is 100 Å². The minimum Gasteiger partial charge on any atom is -0.309 e. The highest BCUT2D eigenvalue weighted by Gasteiger charge is 2.24. The van der Waals surface area contributed by atoms with Gasteiger partial charge in [-0.2, -0.15) is 0 Å². The van der Waals surface area contributed by atoms with E-state index in [-0.39, 0.29) is 10.8 Å². The van der Waals surface area contributed by atoms with Crippen LogP contribution in [0.4, 0.5) is 0 Å². The molecule has 0 aliphatic carbocycles. The maximum Gasteiger partial charge on any atom is 0.166 e. The zero-order valence-corrected chi connectivity index (χ0v) is 37.1. The molecule has 0 aliphatic heterocycles. The molecule has 3 aromatic heterocycles. The highest BCUT2D eigenvalue weighted by molar-refractivity contribution is 6.11. The summed E-state index contributed by atoms with van der Waals surface area (Å²) >= 11 is 0. The topological polar surface area (TPSA) is 48.5 Å². The number of hydrogen-bond donors (Lipinski definition) is 0. The summed E-state index contributed by atoms with van der Waals surface area (Å²) in [4.78, 5) is 15.9. The summed E-state index contributed by atoms with van der Waals surface area (Å²) in [6, 6.07) is 67.5. The zero-order valence-electron chi connectivity index (χ0n) is 37.1. The van der Waals surface area contributed by atoms with Crippen LogP contribution < -0.4 is 0 Å². The molecule has 0 radical (unpaired) electrons. The number of nitrogens with zero attached hydrogens (tertiary/aromatic N) is 5. The lowest BCUT2D eigenvalue weighted by Gasteiger charge is -2.21. The van der Waals surface area contributed by atoms with Crippen molar-refractivity contribution in [2.24, 2.45) is 0 Å². The third kappa shape index (κ3) is 6.76. The molecule has 0 saturated heterocycles. The fraction of sp³-hybridized carbons (Fsp3) is 0.136. The van der Waals surface area contributed by atoms with Gasteiger partial charge in [-0.05, 0) is 81.6 Å². The molecular formula is C59H49N5. The summed E-state index contributed by atoms with van der Waals surface area (Å²) in [5, 5.41) is 4.87. The first-order valence-electron chi connectivity index (χ1n) is 22.2. The maximum absolute atomic E-state index is 5.37. The Bertz CT molecular complexity index is 3420. The molecule has 8 aromatic carbocycles. The number of benzene rings is 8. The van der Waals surface area contributed by atoms with E-state index in [1.54, 1.807) is 0 Å². The Hall–Kier alpha value is -7.63. The van der Waals surface area contributed by atoms with Gasteiger partial charge in [0, 0.05) is 43.9 Å². The van der Waals surface area contributed by atoms with Crippen LogP contribution >= 0.6 is 0 Å². The average Bonchev–Trinajstić information content (AvgIpc) is 3.83. The highest BCUT2D eigenvalue weighted by Crippen LogP contribution is 2.42. The molecule has 64 heavy (non-hydrogen) atoms. The van der Waals surface area contributed by atoms with E-state index >= 15 is 0 Å². The largest absolute Gasteiger partial charge is 0.309 e. The quantitative estimate of drug-likeness (QED) is 0.168. The van der Waals surface area contributed by atoms with Crippen molar-refractivity contribution in [2.45, 2.75) is 52.4 Å². The minimum atomic E-state index is -0.0526. The van der Waals surface area contributed by atoms with Crippen LogP contribution in [-0.4, -0.2) is 24.1 Å². The van der Waals surface area contributed by atoms with Crippen LogP contribution in [0.2, 0.25) is 0 Å². The first kappa shape index (κ1) is 39.2. The predicted molar refractivity (Wildman–Crippen MR) is 268 cm³/mol. The molecule has 0 unspecified atom stereocenters. The predicted octanol–water partition coefficient (Wildman–Crippen LogP) is 15.3. The van der Waals surface area contributed by atoms with Crippen molar-refractivity contribution in [2.75, 3.05) is 0 Å². The van der Waals surface area contributed by atoms with Crippen LogP contribution in [0.15, 0.2) is 188 Å². The smallest absolute Gasteiger partial charge is 0.166 e. The van der Waals surface area contributed by atoms with Crippen LogP contribution in [0, 0.1) is 0 Å². The zero-order chi connectivity index (χ0) is 43.7. The van der Waals surface area contributed by atoms with Crippen molar-refractivity contribution >= 4 is 43.6 Å². The van der Waals surface area contributed by atoms with Crippen LogP contribution in [0.1, 0.15) is 52.7 Å². The number of hydrogen-bond acceptors (Lipinski definition) is 3. The SMILES string of the molecule is CC(C)(C)c1ccc2c3ccc(C(C)(C)C)cc3n(-c3ccc(-c4ccc5c6ccccc6n(-c6ccccc6)c5c4)cc3-c3nc(-c4ccccc4)nc(-c4ccccc4)n3)c2c1. The second kappa shape index (κ2) is 15.0. The highest BCUT2D eigenvalue weighted by atomic mass is 15.1. The number of para-hydroxylation sites is 2. The third-order valence-electron chi connectivity index (χ3n) is 12.7. The van der Waals surface area contributed by atoms with Gasteiger partial charge in [0.15, 0.2) is 17.5 Å². The second-order valence-corrected chi connectivity index (χ2v) is 19.0. The molecule has 11 aromatic rings. The van der Waals surface area contributed by atoms with Crippen molar-refractivity contribution in [3.63, 3.8) is 0 Å². The van der Waals surface area contributed by atoms with Gasteiger partial charge in [0.25, 0.3) is 0 Å². The molecule has 11 rings (SSSR count). The standard InChI is InChI=1S/C59H49N5/c1-58(2,3)42-28-31-47-48-32-29-43(59(4,5)6)37-54(48)64(53(47)36-42)51-33-27-40(41-26-30-46-45-24-16-17-25-50(45)63(52(46)35-41)44-22-14-9-15-23-44)34-49(51)57-61-55(38-18-10-7-11-19-38)60-56(62-57)39-20-12-8-13-21-39/h7-37H,1-6H3. The van der Waals surface area contributed by atoms with Crippen molar-refractivity contribution in [1.29, 1.82) is 0 Å². The number of rotatable bonds is 6. The molecule has 5 heteroatoms. The fourth-order valence-corrected chi connectivity index (χ4v) is 9.24. The Kier molecular flexibility index (Phi) is 9.21. The third-order valence-corrected chi connectivity index (χ3v) is 12.7. The number of aromatic nitrogens is 5. The lowest BCUT2D eigenvalue weighted by atomic mass is 9.86. The molecule has 0 saturated carbocycles. The molecule has 310 valence electrons. The molecule has 0 bridgehead atoms. The summed E-state index contributed by atoms with van der Waals surface area (Å²) in [5.74, 6) is 1.86. The van der Waals surface area contributed by atoms with Crippen molar-refractivity contribution in [3.8, 4) is 56.7 Å². The van der Waals surface area contributed by atoms with Gasteiger partial charge < -0.3 is 9.13 Å². The van der Waals surface area contributed by atoms with E-state index in [4.69, 9.17) is 15.0 Å². The van der Waals surface area contributed by atoms with Crippen LogP contribution in [0.3, 0.4) is 0 Å². The molecule has 0 aliphatic rings. The Balaban J connectivity index is 1.23. The van der Waals surface area contributed by atoms with Gasteiger partial charge in [-0.1, -0.05) is 181 Å². The summed E-state index contributed by atoms with van der Waals surface area (Å²) in [7, 11) is 0. The van der Waals surface area contributed by atoms with E-state index in [1.165, 1.54) is 38.2 Å². The Morgan fingerprint density at radius 2 is 0.766 bits per heavy atom. The van der Waals surface area contributed by atoms with Crippen molar-refractivity contribution in [3.05, 3.63) is 199 Å². The van der Waals surface area contributed by atoms with Gasteiger partial charge in [-0.25, -0.2) is 15.0 Å². The minimum absolute atomic E-state index is 0.0526. The Labute approximate surface area is 374 Å². The van der Waals surface area contributed by atoms with Crippen molar-refractivity contribution in [1.82, 2.24) is 24.1 Å². The van der Waals surface area contributed by atoms with Crippen LogP contribution in [0.5, 0.6) is 0 Å². The van der Waals surface area contributed by atoms with Gasteiger partial charge in [0.1, 0.15) is 0 Å². The molecule has 0 N–H and O–H groups in total.